The summed E-state index contributed by atoms with van der Waals surface area (Å²) in [5, 5.41) is 0. The van der Waals surface area contributed by atoms with Gasteiger partial charge in [0.25, 0.3) is 0 Å². The monoisotopic (exact) mass is 210 g/mol. The number of allylic oxidation sites excluding steroid dienone is 1. The lowest BCUT2D eigenvalue weighted by atomic mass is 10.0. The van der Waals surface area contributed by atoms with Gasteiger partial charge in [0.15, 0.2) is 0 Å². The molecule has 0 aromatic heterocycles. The van der Waals surface area contributed by atoms with Crippen molar-refractivity contribution < 1.29 is 13.6 Å². The van der Waals surface area contributed by atoms with Gasteiger partial charge in [-0.2, -0.15) is 0 Å². The summed E-state index contributed by atoms with van der Waals surface area (Å²) in [4.78, 5) is 11.0. The molecule has 0 heterocycles. The molecule has 0 spiro atoms. The average Bonchev–Trinajstić information content (AvgIpc) is 2.25. The zero-order valence-electron chi connectivity index (χ0n) is 8.25. The molecule has 0 unspecified atom stereocenters. The number of benzene rings is 1. The standard InChI is InChI=1S/C12H12F2O/c1-2-3-5-9-6-4-7-10(8-9)11(15)12(13)14/h2,4,6-8,12H,1,3,5H2. The Kier molecular flexibility index (Phi) is 4.16. The Morgan fingerprint density at radius 3 is 2.80 bits per heavy atom. The van der Waals surface area contributed by atoms with Gasteiger partial charge in [-0.15, -0.1) is 6.58 Å². The summed E-state index contributed by atoms with van der Waals surface area (Å²) in [6.07, 6.45) is 0.307. The Morgan fingerprint density at radius 1 is 1.47 bits per heavy atom. The van der Waals surface area contributed by atoms with Gasteiger partial charge >= 0.3 is 6.43 Å². The first kappa shape index (κ1) is 11.6. The van der Waals surface area contributed by atoms with Gasteiger partial charge in [0.2, 0.25) is 5.78 Å². The summed E-state index contributed by atoms with van der Waals surface area (Å²) >= 11 is 0. The molecular weight excluding hydrogens is 198 g/mol. The number of Topliss-reactive ketones (excluding diaryl/α,β-unsaturated/α-hetero) is 1. The highest BCUT2D eigenvalue weighted by Crippen LogP contribution is 2.11. The van der Waals surface area contributed by atoms with E-state index in [0.717, 1.165) is 12.0 Å². The highest BCUT2D eigenvalue weighted by molar-refractivity contribution is 5.98. The number of carbonyl (C=O) groups is 1. The Hall–Kier alpha value is -1.51. The first-order valence-corrected chi connectivity index (χ1v) is 4.67. The topological polar surface area (TPSA) is 17.1 Å². The lowest BCUT2D eigenvalue weighted by Gasteiger charge is -2.02. The molecule has 0 fully saturated rings. The number of carbonyl (C=O) groups excluding carboxylic acids is 1. The second-order valence-corrected chi connectivity index (χ2v) is 3.19. The fraction of sp³-hybridized carbons (Fsp3) is 0.250. The first-order valence-electron chi connectivity index (χ1n) is 4.67. The SMILES string of the molecule is C=CCCc1cccc(C(=O)C(F)F)c1. The first-order chi connectivity index (χ1) is 7.15. The molecule has 0 aliphatic rings. The number of rotatable bonds is 5. The van der Waals surface area contributed by atoms with Crippen molar-refractivity contribution in [3.8, 4) is 0 Å². The molecule has 0 aliphatic carbocycles. The summed E-state index contributed by atoms with van der Waals surface area (Å²) < 4.78 is 24.3. The van der Waals surface area contributed by atoms with Crippen molar-refractivity contribution in [3.63, 3.8) is 0 Å². The van der Waals surface area contributed by atoms with Crippen LogP contribution in [0.25, 0.3) is 0 Å². The van der Waals surface area contributed by atoms with Crippen LogP contribution in [0.1, 0.15) is 22.3 Å². The summed E-state index contributed by atoms with van der Waals surface area (Å²) in [5.41, 5.74) is 0.952. The van der Waals surface area contributed by atoms with Crippen molar-refractivity contribution in [2.75, 3.05) is 0 Å². The highest BCUT2D eigenvalue weighted by atomic mass is 19.3. The minimum atomic E-state index is -2.93. The molecule has 1 nitrogen and oxygen atoms in total. The number of aryl methyl sites for hydroxylation is 1. The van der Waals surface area contributed by atoms with Crippen LogP contribution in [0.5, 0.6) is 0 Å². The van der Waals surface area contributed by atoms with Crippen molar-refractivity contribution >= 4 is 5.78 Å². The van der Waals surface area contributed by atoms with E-state index in [1.54, 1.807) is 12.1 Å². The molecule has 0 atom stereocenters. The van der Waals surface area contributed by atoms with Crippen molar-refractivity contribution in [3.05, 3.63) is 48.0 Å². The predicted molar refractivity (Wildman–Crippen MR) is 55.3 cm³/mol. The molecule has 1 aromatic carbocycles. The van der Waals surface area contributed by atoms with E-state index in [-0.39, 0.29) is 5.56 Å². The predicted octanol–water partition coefficient (Wildman–Crippen LogP) is 3.25. The third kappa shape index (κ3) is 3.27. The molecule has 0 saturated carbocycles. The summed E-state index contributed by atoms with van der Waals surface area (Å²) in [6, 6.07) is 6.35. The molecule has 0 aliphatic heterocycles. The second kappa shape index (κ2) is 5.39. The lowest BCUT2D eigenvalue weighted by Crippen LogP contribution is -2.10. The summed E-state index contributed by atoms with van der Waals surface area (Å²) in [5.74, 6) is -1.12. The van der Waals surface area contributed by atoms with Crippen LogP contribution in [0.2, 0.25) is 0 Å². The summed E-state index contributed by atoms with van der Waals surface area (Å²) in [7, 11) is 0. The van der Waals surface area contributed by atoms with E-state index in [2.05, 4.69) is 6.58 Å². The molecule has 80 valence electrons. The van der Waals surface area contributed by atoms with Crippen LogP contribution in [0.15, 0.2) is 36.9 Å². The molecule has 15 heavy (non-hydrogen) atoms. The second-order valence-electron chi connectivity index (χ2n) is 3.19. The minimum Gasteiger partial charge on any atom is -0.288 e. The van der Waals surface area contributed by atoms with Crippen LogP contribution in [0.4, 0.5) is 8.78 Å². The number of hydrogen-bond acceptors (Lipinski definition) is 1. The average molecular weight is 210 g/mol. The van der Waals surface area contributed by atoms with Gasteiger partial charge in [-0.1, -0.05) is 24.3 Å². The van der Waals surface area contributed by atoms with E-state index in [1.165, 1.54) is 12.1 Å². The zero-order valence-corrected chi connectivity index (χ0v) is 8.25. The van der Waals surface area contributed by atoms with Gasteiger partial charge < -0.3 is 0 Å². The van der Waals surface area contributed by atoms with Crippen LogP contribution in [0, 0.1) is 0 Å². The largest absolute Gasteiger partial charge is 0.300 e. The van der Waals surface area contributed by atoms with Crippen LogP contribution in [-0.4, -0.2) is 12.2 Å². The molecular formula is C12H12F2O. The molecule has 0 amide bonds. The Bertz CT molecular complexity index is 358. The maximum absolute atomic E-state index is 12.1. The van der Waals surface area contributed by atoms with E-state index >= 15 is 0 Å². The third-order valence-corrected chi connectivity index (χ3v) is 2.05. The molecule has 0 bridgehead atoms. The molecule has 3 heteroatoms. The van der Waals surface area contributed by atoms with Crippen molar-refractivity contribution in [2.24, 2.45) is 0 Å². The molecule has 1 aromatic rings. The van der Waals surface area contributed by atoms with Crippen molar-refractivity contribution in [1.29, 1.82) is 0 Å². The fourth-order valence-corrected chi connectivity index (χ4v) is 1.27. The van der Waals surface area contributed by atoms with E-state index in [9.17, 15) is 13.6 Å². The third-order valence-electron chi connectivity index (χ3n) is 2.05. The molecule has 1 rings (SSSR count). The maximum Gasteiger partial charge on any atom is 0.300 e. The number of ketones is 1. The quantitative estimate of drug-likeness (QED) is 0.538. The summed E-state index contributed by atoms with van der Waals surface area (Å²) in [6.45, 7) is 3.57. The van der Waals surface area contributed by atoms with Crippen molar-refractivity contribution in [2.45, 2.75) is 19.3 Å². The molecule has 0 saturated heterocycles. The van der Waals surface area contributed by atoms with E-state index in [1.807, 2.05) is 6.07 Å². The Balaban J connectivity index is 2.82. The zero-order chi connectivity index (χ0) is 11.3. The van der Waals surface area contributed by atoms with Gasteiger partial charge in [0.1, 0.15) is 0 Å². The van der Waals surface area contributed by atoms with Crippen LogP contribution >= 0.6 is 0 Å². The van der Waals surface area contributed by atoms with Gasteiger partial charge in [0, 0.05) is 5.56 Å². The van der Waals surface area contributed by atoms with Gasteiger partial charge in [-0.25, -0.2) is 8.78 Å². The van der Waals surface area contributed by atoms with E-state index < -0.39 is 12.2 Å². The Morgan fingerprint density at radius 2 is 2.20 bits per heavy atom. The van der Waals surface area contributed by atoms with Crippen LogP contribution in [0.3, 0.4) is 0 Å². The van der Waals surface area contributed by atoms with Crippen molar-refractivity contribution in [1.82, 2.24) is 0 Å². The smallest absolute Gasteiger partial charge is 0.288 e. The van der Waals surface area contributed by atoms with E-state index in [4.69, 9.17) is 0 Å². The Labute approximate surface area is 87.4 Å². The number of alkyl halides is 2. The van der Waals surface area contributed by atoms with Gasteiger partial charge in [-0.3, -0.25) is 4.79 Å². The molecule has 0 N–H and O–H groups in total. The van der Waals surface area contributed by atoms with E-state index in [0.29, 0.717) is 6.42 Å². The minimum absolute atomic E-state index is 0.0755. The fourth-order valence-electron chi connectivity index (χ4n) is 1.27. The van der Waals surface area contributed by atoms with Crippen LogP contribution < -0.4 is 0 Å². The normalized spacial score (nSPS) is 10.3. The van der Waals surface area contributed by atoms with Gasteiger partial charge in [-0.05, 0) is 24.5 Å². The number of halogens is 2. The lowest BCUT2D eigenvalue weighted by molar-refractivity contribution is 0.0678. The maximum atomic E-state index is 12.1. The van der Waals surface area contributed by atoms with Gasteiger partial charge in [0.05, 0.1) is 0 Å². The number of hydrogen-bond donors (Lipinski definition) is 0. The highest BCUT2D eigenvalue weighted by Gasteiger charge is 2.17. The molecule has 0 radical (unpaired) electrons. The van der Waals surface area contributed by atoms with Crippen LogP contribution in [-0.2, 0) is 6.42 Å².